The summed E-state index contributed by atoms with van der Waals surface area (Å²) in [4.78, 5) is 36.8. The molecule has 0 aliphatic carbocycles. The van der Waals surface area contributed by atoms with Gasteiger partial charge in [-0.25, -0.2) is 14.4 Å². The van der Waals surface area contributed by atoms with Gasteiger partial charge < -0.3 is 48.0 Å². The van der Waals surface area contributed by atoms with Crippen LogP contribution < -0.4 is 29.3 Å². The van der Waals surface area contributed by atoms with E-state index in [-0.39, 0.29) is 29.9 Å². The van der Waals surface area contributed by atoms with Crippen molar-refractivity contribution in [2.45, 2.75) is 98.0 Å². The van der Waals surface area contributed by atoms with Crippen LogP contribution in [-0.2, 0) is 23.8 Å². The Bertz CT molecular complexity index is 651. The van der Waals surface area contributed by atoms with Gasteiger partial charge in [0.15, 0.2) is 6.54 Å². The first-order chi connectivity index (χ1) is 14.7. The Morgan fingerprint density at radius 1 is 0.824 bits per heavy atom. The summed E-state index contributed by atoms with van der Waals surface area (Å²) in [5.74, 6) is 0.889. The molecule has 0 aliphatic heterocycles. The van der Waals surface area contributed by atoms with Crippen LogP contribution in [0, 0.1) is 0 Å². The van der Waals surface area contributed by atoms with Crippen LogP contribution in [0.4, 0.5) is 4.79 Å². The fourth-order valence-electron chi connectivity index (χ4n) is 2.77. The molecule has 0 aromatic carbocycles. The molecule has 0 aromatic heterocycles. The quantitative estimate of drug-likeness (QED) is 0.122. The van der Waals surface area contributed by atoms with Gasteiger partial charge in [0, 0.05) is 6.42 Å². The summed E-state index contributed by atoms with van der Waals surface area (Å²) >= 11 is 1.70. The van der Waals surface area contributed by atoms with E-state index in [2.05, 4.69) is 5.32 Å². The van der Waals surface area contributed by atoms with Gasteiger partial charge in [0.25, 0.3) is 0 Å². The molecule has 0 spiro atoms. The molecule has 0 rings (SSSR count). The molecule has 0 aromatic rings. The molecule has 0 saturated heterocycles. The van der Waals surface area contributed by atoms with E-state index in [1.165, 1.54) is 0 Å². The number of amides is 1. The summed E-state index contributed by atoms with van der Waals surface area (Å²) in [5, 5.41) is 2.65. The molecule has 0 aliphatic rings. The first-order valence-corrected chi connectivity index (χ1v) is 12.7. The number of ether oxygens (including phenoxy) is 3. The third kappa shape index (κ3) is 20.6. The maximum atomic E-state index is 12.6. The summed E-state index contributed by atoms with van der Waals surface area (Å²) in [7, 11) is 4.02. The normalized spacial score (nSPS) is 13.4. The zero-order valence-corrected chi connectivity index (χ0v) is 26.0. The van der Waals surface area contributed by atoms with Crippen molar-refractivity contribution in [1.29, 1.82) is 0 Å². The molecule has 1 N–H and O–H groups in total. The number of alkyl carbamates (subject to hydrolysis) is 1. The summed E-state index contributed by atoms with van der Waals surface area (Å²) in [6.07, 6.45) is 0.719. The van der Waals surface area contributed by atoms with E-state index in [0.717, 1.165) is 18.7 Å². The molecular formula is C24H47IN2O6S. The molecule has 8 nitrogen and oxygen atoms in total. The molecule has 10 heteroatoms. The summed E-state index contributed by atoms with van der Waals surface area (Å²) in [5.41, 5.74) is -1.78. The number of nitrogens with zero attached hydrogens (tertiary/aromatic N) is 1. The lowest BCUT2D eigenvalue weighted by molar-refractivity contribution is -0.883. The largest absolute Gasteiger partial charge is 1.00 e. The summed E-state index contributed by atoms with van der Waals surface area (Å²) in [6, 6.07) is -0.772. The number of esters is 2. The predicted octanol–water partition coefficient (Wildman–Crippen LogP) is 1.16. The van der Waals surface area contributed by atoms with Crippen LogP contribution in [0.5, 0.6) is 0 Å². The monoisotopic (exact) mass is 618 g/mol. The van der Waals surface area contributed by atoms with Gasteiger partial charge in [-0.1, -0.05) is 0 Å². The molecule has 1 atom stereocenters. The van der Waals surface area contributed by atoms with Crippen molar-refractivity contribution in [2.24, 2.45) is 0 Å². The fraction of sp³-hybridized carbons (Fsp3) is 0.875. The molecule has 0 fully saturated rings. The number of thioether (sulfide) groups is 1. The Morgan fingerprint density at radius 2 is 1.32 bits per heavy atom. The second-order valence-electron chi connectivity index (χ2n) is 11.9. The van der Waals surface area contributed by atoms with Gasteiger partial charge in [-0.15, -0.1) is 0 Å². The number of rotatable bonds is 11. The Kier molecular flexibility index (Phi) is 15.3. The fourth-order valence-corrected chi connectivity index (χ4v) is 3.71. The van der Waals surface area contributed by atoms with Crippen molar-refractivity contribution in [3.63, 3.8) is 0 Å². The molecule has 1 unspecified atom stereocenters. The molecular weight excluding hydrogens is 571 g/mol. The van der Waals surface area contributed by atoms with E-state index >= 15 is 0 Å². The van der Waals surface area contributed by atoms with Gasteiger partial charge in [0.05, 0.1) is 20.6 Å². The second kappa shape index (κ2) is 14.7. The second-order valence-corrected chi connectivity index (χ2v) is 13.1. The zero-order valence-electron chi connectivity index (χ0n) is 23.0. The minimum atomic E-state index is -0.772. The molecule has 34 heavy (non-hydrogen) atoms. The smallest absolute Gasteiger partial charge is 0.408 e. The third-order valence-corrected chi connectivity index (χ3v) is 5.06. The molecule has 0 bridgehead atoms. The van der Waals surface area contributed by atoms with E-state index < -0.39 is 34.9 Å². The highest BCUT2D eigenvalue weighted by Gasteiger charge is 2.29. The molecule has 1 amide bonds. The van der Waals surface area contributed by atoms with Gasteiger partial charge in [-0.2, -0.15) is 11.8 Å². The molecule has 0 saturated carbocycles. The Hall–Kier alpha value is -0.750. The first kappa shape index (κ1) is 35.4. The van der Waals surface area contributed by atoms with Crippen molar-refractivity contribution >= 4 is 29.8 Å². The number of nitrogens with one attached hydrogen (secondary N) is 1. The average molecular weight is 619 g/mol. The predicted molar refractivity (Wildman–Crippen MR) is 133 cm³/mol. The summed E-state index contributed by atoms with van der Waals surface area (Å²) in [6.45, 7) is 17.4. The number of likely N-dealkylation sites (N-methyl/N-ethyl adjacent to an activating group) is 1. The maximum Gasteiger partial charge on any atom is 0.408 e. The van der Waals surface area contributed by atoms with Crippen molar-refractivity contribution in [2.75, 3.05) is 38.7 Å². The van der Waals surface area contributed by atoms with Gasteiger partial charge in [0.2, 0.25) is 0 Å². The molecule has 0 radical (unpaired) electrons. The highest BCUT2D eigenvalue weighted by molar-refractivity contribution is 7.99. The lowest BCUT2D eigenvalue weighted by Gasteiger charge is -2.30. The highest BCUT2D eigenvalue weighted by Crippen LogP contribution is 2.15. The lowest BCUT2D eigenvalue weighted by Crippen LogP contribution is -3.00. The summed E-state index contributed by atoms with van der Waals surface area (Å²) < 4.78 is 16.7. The van der Waals surface area contributed by atoms with Crippen LogP contribution in [0.25, 0.3) is 0 Å². The minimum absolute atomic E-state index is 0. The highest BCUT2D eigenvalue weighted by atomic mass is 127. The van der Waals surface area contributed by atoms with Crippen LogP contribution in [0.2, 0.25) is 0 Å². The first-order valence-electron chi connectivity index (χ1n) is 11.5. The SMILES string of the molecule is CC(C)(C)OC(=O)C[N+](C)(C)CCCSCCC(NC(=O)OC(C)(C)C)C(=O)OC(C)(C)C.[I-]. The topological polar surface area (TPSA) is 90.9 Å². The van der Waals surface area contributed by atoms with Gasteiger partial charge in [-0.3, -0.25) is 0 Å². The Labute approximate surface area is 228 Å². The van der Waals surface area contributed by atoms with Crippen LogP contribution >= 0.6 is 11.8 Å². The average Bonchev–Trinajstić information content (AvgIpc) is 2.50. The molecule has 0 heterocycles. The van der Waals surface area contributed by atoms with E-state index in [0.29, 0.717) is 23.2 Å². The van der Waals surface area contributed by atoms with E-state index in [1.807, 2.05) is 34.9 Å². The zero-order chi connectivity index (χ0) is 26.1. The minimum Gasteiger partial charge on any atom is -1.00 e. The number of hydrogen-bond acceptors (Lipinski definition) is 7. The van der Waals surface area contributed by atoms with E-state index in [1.54, 1.807) is 53.3 Å². The van der Waals surface area contributed by atoms with Crippen molar-refractivity contribution in [3.8, 4) is 0 Å². The van der Waals surface area contributed by atoms with Crippen molar-refractivity contribution in [1.82, 2.24) is 5.32 Å². The van der Waals surface area contributed by atoms with Crippen molar-refractivity contribution in [3.05, 3.63) is 0 Å². The number of halogens is 1. The Morgan fingerprint density at radius 3 is 1.79 bits per heavy atom. The van der Waals surface area contributed by atoms with Crippen molar-refractivity contribution < 1.29 is 57.1 Å². The van der Waals surface area contributed by atoms with E-state index in [4.69, 9.17) is 14.2 Å². The number of hydrogen-bond donors (Lipinski definition) is 1. The van der Waals surface area contributed by atoms with Gasteiger partial charge in [-0.05, 0) is 80.2 Å². The van der Waals surface area contributed by atoms with E-state index in [9.17, 15) is 14.4 Å². The van der Waals surface area contributed by atoms with Crippen LogP contribution in [-0.4, -0.2) is 84.1 Å². The van der Waals surface area contributed by atoms with Crippen LogP contribution in [0.15, 0.2) is 0 Å². The maximum absolute atomic E-state index is 12.6. The molecule has 202 valence electrons. The third-order valence-electron chi connectivity index (χ3n) is 3.96. The van der Waals surface area contributed by atoms with Crippen LogP contribution in [0.1, 0.15) is 75.2 Å². The van der Waals surface area contributed by atoms with Gasteiger partial charge >= 0.3 is 18.0 Å². The number of quaternary nitrogens is 1. The lowest BCUT2D eigenvalue weighted by atomic mass is 10.1. The van der Waals surface area contributed by atoms with Crippen LogP contribution in [0.3, 0.4) is 0 Å². The number of carbonyl (C=O) groups is 3. The van der Waals surface area contributed by atoms with Gasteiger partial charge in [0.1, 0.15) is 22.8 Å². The number of carbonyl (C=O) groups excluding carboxylic acids is 3. The standard InChI is InChI=1S/C24H46N2O6S.HI/c1-22(2,3)30-19(27)17-26(10,11)14-12-15-33-16-13-18(20(28)31-23(4,5)6)25-21(29)32-24(7,8)9;/h18H,12-17H2,1-11H3;1H. The Balaban J connectivity index is 0.